The van der Waals surface area contributed by atoms with Crippen molar-refractivity contribution in [2.24, 2.45) is 0 Å². The van der Waals surface area contributed by atoms with Crippen LogP contribution < -0.4 is 4.90 Å². The van der Waals surface area contributed by atoms with Gasteiger partial charge in [-0.3, -0.25) is 0 Å². The van der Waals surface area contributed by atoms with Crippen molar-refractivity contribution in [3.63, 3.8) is 0 Å². The van der Waals surface area contributed by atoms with Gasteiger partial charge in [0.25, 0.3) is 0 Å². The van der Waals surface area contributed by atoms with Crippen LogP contribution in [0.1, 0.15) is 0 Å². The van der Waals surface area contributed by atoms with Crippen LogP contribution in [0, 0.1) is 0 Å². The highest BCUT2D eigenvalue weighted by molar-refractivity contribution is 7.26. The SMILES string of the molecule is c1ccc(-n2c3ccccc3c3cc(-c4cccc(N(c5cccc(-c6cccc7c6sc6ccccc67)c5)c5cccc6oc7c8ccccc8ccc7c56)c4)ccc32)cc1. The molecular weight excluding hydrogens is 773 g/mol. The molecule has 0 fully saturated rings. The van der Waals surface area contributed by atoms with Crippen LogP contribution in [0.5, 0.6) is 0 Å². The maximum Gasteiger partial charge on any atom is 0.143 e. The van der Waals surface area contributed by atoms with Crippen molar-refractivity contribution < 1.29 is 4.42 Å². The predicted molar refractivity (Wildman–Crippen MR) is 264 cm³/mol. The van der Waals surface area contributed by atoms with Gasteiger partial charge in [-0.15, -0.1) is 11.3 Å². The van der Waals surface area contributed by atoms with Crippen LogP contribution in [0.4, 0.5) is 17.1 Å². The Kier molecular flexibility index (Phi) is 7.78. The number of hydrogen-bond acceptors (Lipinski definition) is 3. The molecule has 0 aliphatic heterocycles. The van der Waals surface area contributed by atoms with Crippen molar-refractivity contribution in [3.8, 4) is 27.9 Å². The van der Waals surface area contributed by atoms with E-state index in [9.17, 15) is 0 Å². The summed E-state index contributed by atoms with van der Waals surface area (Å²) in [7, 11) is 0. The Morgan fingerprint density at radius 2 is 1.10 bits per heavy atom. The fourth-order valence-electron chi connectivity index (χ4n) is 9.77. The highest BCUT2D eigenvalue weighted by Gasteiger charge is 2.22. The molecule has 0 saturated heterocycles. The zero-order valence-corrected chi connectivity index (χ0v) is 34.3. The summed E-state index contributed by atoms with van der Waals surface area (Å²) < 4.78 is 11.8. The van der Waals surface area contributed by atoms with Gasteiger partial charge in [0, 0.05) is 58.8 Å². The molecule has 13 rings (SSSR count). The lowest BCUT2D eigenvalue weighted by Crippen LogP contribution is -2.10. The molecule has 3 heterocycles. The van der Waals surface area contributed by atoms with E-state index in [4.69, 9.17) is 4.42 Å². The molecule has 0 aliphatic rings. The molecule has 62 heavy (non-hydrogen) atoms. The molecule has 0 spiro atoms. The molecule has 0 unspecified atom stereocenters. The highest BCUT2D eigenvalue weighted by Crippen LogP contribution is 2.47. The number of hydrogen-bond donors (Lipinski definition) is 0. The van der Waals surface area contributed by atoms with Crippen LogP contribution in [-0.4, -0.2) is 4.57 Å². The van der Waals surface area contributed by atoms with Gasteiger partial charge in [0.15, 0.2) is 0 Å². The summed E-state index contributed by atoms with van der Waals surface area (Å²) >= 11 is 1.87. The molecule has 0 radical (unpaired) electrons. The first-order valence-corrected chi connectivity index (χ1v) is 21.9. The summed E-state index contributed by atoms with van der Waals surface area (Å²) in [5, 5.41) is 9.53. The van der Waals surface area contributed by atoms with Gasteiger partial charge in [-0.1, -0.05) is 140 Å². The van der Waals surface area contributed by atoms with E-state index < -0.39 is 0 Å². The number of para-hydroxylation sites is 2. The second kappa shape index (κ2) is 13.8. The lowest BCUT2D eigenvalue weighted by molar-refractivity contribution is 0.672. The molecule has 0 N–H and O–H groups in total. The number of rotatable bonds is 6. The van der Waals surface area contributed by atoms with Gasteiger partial charge in [-0.05, 0) is 107 Å². The van der Waals surface area contributed by atoms with Gasteiger partial charge in [0.05, 0.1) is 22.1 Å². The summed E-state index contributed by atoms with van der Waals surface area (Å²) in [5.41, 5.74) is 13.2. The van der Waals surface area contributed by atoms with Crippen LogP contribution in [0.25, 0.3) is 103 Å². The van der Waals surface area contributed by atoms with Crippen LogP contribution in [0.2, 0.25) is 0 Å². The molecule has 0 saturated carbocycles. The number of benzene rings is 10. The molecule has 10 aromatic carbocycles. The van der Waals surface area contributed by atoms with E-state index in [2.05, 4.69) is 228 Å². The number of furan rings is 1. The molecule has 3 nitrogen and oxygen atoms in total. The lowest BCUT2D eigenvalue weighted by Gasteiger charge is -2.27. The van der Waals surface area contributed by atoms with Gasteiger partial charge in [-0.25, -0.2) is 0 Å². The number of thiophene rings is 1. The zero-order chi connectivity index (χ0) is 40.7. The van der Waals surface area contributed by atoms with Gasteiger partial charge in [-0.2, -0.15) is 0 Å². The monoisotopic (exact) mass is 808 g/mol. The Morgan fingerprint density at radius 1 is 0.419 bits per heavy atom. The minimum atomic E-state index is 0.862. The molecule has 0 atom stereocenters. The summed E-state index contributed by atoms with van der Waals surface area (Å²) in [4.78, 5) is 2.42. The Hall–Kier alpha value is -7.92. The van der Waals surface area contributed by atoms with Gasteiger partial charge < -0.3 is 13.9 Å². The molecule has 0 bridgehead atoms. The predicted octanol–water partition coefficient (Wildman–Crippen LogP) is 17.0. The van der Waals surface area contributed by atoms with Gasteiger partial charge in [0.2, 0.25) is 0 Å². The lowest BCUT2D eigenvalue weighted by atomic mass is 9.99. The second-order valence-corrected chi connectivity index (χ2v) is 17.1. The third-order valence-electron chi connectivity index (χ3n) is 12.6. The Balaban J connectivity index is 1.02. The summed E-state index contributed by atoms with van der Waals surface area (Å²) in [6.45, 7) is 0. The third-order valence-corrected chi connectivity index (χ3v) is 13.8. The molecular formula is C58H36N2OS. The van der Waals surface area contributed by atoms with Crippen molar-refractivity contribution in [1.29, 1.82) is 0 Å². The van der Waals surface area contributed by atoms with E-state index in [1.165, 1.54) is 58.7 Å². The summed E-state index contributed by atoms with van der Waals surface area (Å²) in [6, 6.07) is 79.2. The van der Waals surface area contributed by atoms with Gasteiger partial charge in [0.1, 0.15) is 11.2 Å². The van der Waals surface area contributed by atoms with Crippen LogP contribution in [0.15, 0.2) is 223 Å². The van der Waals surface area contributed by atoms with Crippen molar-refractivity contribution in [2.45, 2.75) is 0 Å². The molecule has 0 amide bonds. The normalized spacial score (nSPS) is 11.9. The standard InChI is InChI=1S/C58H36N2OS/c1-2-17-41(18-3-1)60-51-26-8-6-22-46(51)50-36-39(31-33-52(50)60)38-15-10-19-42(34-38)59(53-27-13-28-54-56(53)49-32-30-37-14-4-5-21-44(37)57(49)61-54)43-20-11-16-40(35-43)45-24-12-25-48-47-23-7-9-29-55(47)62-58(45)48/h1-36H. The van der Waals surface area contributed by atoms with Crippen LogP contribution in [-0.2, 0) is 0 Å². The average molecular weight is 809 g/mol. The Morgan fingerprint density at radius 3 is 1.98 bits per heavy atom. The van der Waals surface area contributed by atoms with E-state index in [0.717, 1.165) is 61.0 Å². The summed E-state index contributed by atoms with van der Waals surface area (Å²) in [5.74, 6) is 0. The van der Waals surface area contributed by atoms with Crippen molar-refractivity contribution in [2.75, 3.05) is 4.90 Å². The molecule has 3 aromatic heterocycles. The second-order valence-electron chi connectivity index (χ2n) is 16.1. The maximum absolute atomic E-state index is 6.77. The first-order chi connectivity index (χ1) is 30.7. The first kappa shape index (κ1) is 34.9. The number of aromatic nitrogens is 1. The van der Waals surface area contributed by atoms with E-state index in [1.807, 2.05) is 11.3 Å². The minimum absolute atomic E-state index is 0.862. The number of nitrogens with zero attached hydrogens (tertiary/aromatic N) is 2. The topological polar surface area (TPSA) is 21.3 Å². The van der Waals surface area contributed by atoms with Crippen LogP contribution in [0.3, 0.4) is 0 Å². The average Bonchev–Trinajstić information content (AvgIpc) is 4.02. The summed E-state index contributed by atoms with van der Waals surface area (Å²) in [6.07, 6.45) is 0. The highest BCUT2D eigenvalue weighted by atomic mass is 32.1. The number of anilines is 3. The third kappa shape index (κ3) is 5.37. The molecule has 4 heteroatoms. The Bertz CT molecular complexity index is 3890. The minimum Gasteiger partial charge on any atom is -0.455 e. The largest absolute Gasteiger partial charge is 0.455 e. The van der Waals surface area contributed by atoms with Gasteiger partial charge >= 0.3 is 0 Å². The number of fused-ring (bicyclic) bond motifs is 11. The molecule has 290 valence electrons. The molecule has 0 aliphatic carbocycles. The fourth-order valence-corrected chi connectivity index (χ4v) is 11.0. The van der Waals surface area contributed by atoms with Crippen molar-refractivity contribution in [3.05, 3.63) is 218 Å². The zero-order valence-electron chi connectivity index (χ0n) is 33.5. The molecule has 13 aromatic rings. The smallest absolute Gasteiger partial charge is 0.143 e. The maximum atomic E-state index is 6.77. The van der Waals surface area contributed by atoms with E-state index in [1.54, 1.807) is 0 Å². The Labute approximate surface area is 361 Å². The quantitative estimate of drug-likeness (QED) is 0.167. The fraction of sp³-hybridized carbons (Fsp3) is 0. The van der Waals surface area contributed by atoms with E-state index >= 15 is 0 Å². The van der Waals surface area contributed by atoms with Crippen molar-refractivity contribution in [1.82, 2.24) is 4.57 Å². The van der Waals surface area contributed by atoms with E-state index in [-0.39, 0.29) is 0 Å². The van der Waals surface area contributed by atoms with E-state index in [0.29, 0.717) is 0 Å². The first-order valence-electron chi connectivity index (χ1n) is 21.1. The van der Waals surface area contributed by atoms with Crippen LogP contribution >= 0.6 is 11.3 Å². The van der Waals surface area contributed by atoms with Crippen molar-refractivity contribution >= 4 is 103 Å².